The molecule has 34 heavy (non-hydrogen) atoms. The van der Waals surface area contributed by atoms with Crippen molar-refractivity contribution in [1.29, 1.82) is 0 Å². The van der Waals surface area contributed by atoms with Gasteiger partial charge in [0, 0.05) is 13.2 Å². The standard InChI is InChI=1S/C24H35N2Si2.C4H8O.Cr/c1-19-17-23(27(3,4)26-22-15-11-8-12-16-22)20(2)24(19)28(5,6)25-18-21-13-9-7-10-14-21;1-2-4-5-3-1;/h7-16,19,23-24H,17-18H2,1-6H3;1-4H2;/q-3;;+3. The molecular weight excluding hydrogens is 488 g/mol. The van der Waals surface area contributed by atoms with Crippen molar-refractivity contribution in [2.24, 2.45) is 5.92 Å². The van der Waals surface area contributed by atoms with E-state index in [1.54, 1.807) is 5.92 Å². The van der Waals surface area contributed by atoms with E-state index in [1.807, 2.05) is 0 Å². The maximum atomic E-state index is 5.31. The van der Waals surface area contributed by atoms with Gasteiger partial charge < -0.3 is 20.6 Å². The van der Waals surface area contributed by atoms with E-state index < -0.39 is 16.5 Å². The van der Waals surface area contributed by atoms with Crippen molar-refractivity contribution in [2.45, 2.75) is 76.9 Å². The minimum Gasteiger partial charge on any atom is -0.688 e. The summed E-state index contributed by atoms with van der Waals surface area (Å²) < 4.78 is 4.94. The Bertz CT molecular complexity index is 823. The van der Waals surface area contributed by atoms with Gasteiger partial charge in [-0.1, -0.05) is 128 Å². The average Bonchev–Trinajstić information content (AvgIpc) is 3.46. The molecule has 2 fully saturated rings. The van der Waals surface area contributed by atoms with Crippen molar-refractivity contribution in [3.8, 4) is 0 Å². The SMILES string of the molecule is C1CCOC1.C[C-]1C([Si](C)(C)[N-]c2ccccc2)CC(C)C1[Si](C)(C)[N-]Cc1ccccc1.[Cr+3]. The van der Waals surface area contributed by atoms with Crippen LogP contribution in [-0.2, 0) is 28.6 Å². The zero-order valence-electron chi connectivity index (χ0n) is 22.0. The molecule has 0 spiro atoms. The molecule has 4 rings (SSSR count). The monoisotopic (exact) mass is 531 g/mol. The first-order chi connectivity index (χ1) is 15.7. The average molecular weight is 532 g/mol. The van der Waals surface area contributed by atoms with Gasteiger partial charge in [-0.2, -0.15) is 18.0 Å². The molecule has 0 N–H and O–H groups in total. The minimum atomic E-state index is -1.75. The van der Waals surface area contributed by atoms with Gasteiger partial charge in [-0.25, -0.2) is 0 Å². The summed E-state index contributed by atoms with van der Waals surface area (Å²) >= 11 is 0. The summed E-state index contributed by atoms with van der Waals surface area (Å²) in [5.41, 5.74) is 3.80. The van der Waals surface area contributed by atoms with Crippen LogP contribution < -0.4 is 0 Å². The summed E-state index contributed by atoms with van der Waals surface area (Å²) in [7, 11) is -3.48. The Morgan fingerprint density at radius 3 is 1.97 bits per heavy atom. The quantitative estimate of drug-likeness (QED) is 0.260. The molecule has 2 aromatic carbocycles. The van der Waals surface area contributed by atoms with E-state index in [-0.39, 0.29) is 17.4 Å². The number of ether oxygens (including phenoxy) is 1. The fourth-order valence-corrected chi connectivity index (χ4v) is 12.9. The molecule has 2 aromatic rings. The second-order valence-electron chi connectivity index (χ2n) is 10.9. The number of hydrogen-bond acceptors (Lipinski definition) is 1. The van der Waals surface area contributed by atoms with Gasteiger partial charge in [-0.3, -0.25) is 0 Å². The van der Waals surface area contributed by atoms with Gasteiger partial charge in [0.1, 0.15) is 0 Å². The zero-order valence-corrected chi connectivity index (χ0v) is 25.2. The minimum absolute atomic E-state index is 0. The van der Waals surface area contributed by atoms with E-state index in [9.17, 15) is 0 Å². The molecule has 0 bridgehead atoms. The molecule has 1 aliphatic heterocycles. The van der Waals surface area contributed by atoms with E-state index in [2.05, 4.69) is 101 Å². The summed E-state index contributed by atoms with van der Waals surface area (Å²) in [5, 5.41) is 0. The molecule has 1 aliphatic carbocycles. The van der Waals surface area contributed by atoms with Gasteiger partial charge in [0.05, 0.1) is 0 Å². The molecule has 1 heterocycles. The van der Waals surface area contributed by atoms with E-state index in [0.29, 0.717) is 17.0 Å². The Labute approximate surface area is 221 Å². The van der Waals surface area contributed by atoms with Crippen molar-refractivity contribution in [3.63, 3.8) is 0 Å². The van der Waals surface area contributed by atoms with Gasteiger partial charge in [-0.15, -0.1) is 12.2 Å². The topological polar surface area (TPSA) is 37.4 Å². The molecule has 0 aromatic heterocycles. The predicted octanol–water partition coefficient (Wildman–Crippen LogP) is 8.84. The Balaban J connectivity index is 0.000000603. The van der Waals surface area contributed by atoms with Crippen LogP contribution >= 0.6 is 0 Å². The first-order valence-corrected chi connectivity index (χ1v) is 18.7. The Morgan fingerprint density at radius 1 is 0.882 bits per heavy atom. The second-order valence-corrected chi connectivity index (χ2v) is 19.3. The van der Waals surface area contributed by atoms with Gasteiger partial charge in [0.2, 0.25) is 0 Å². The largest absolute Gasteiger partial charge is 3.00 e. The van der Waals surface area contributed by atoms with Crippen LogP contribution in [0.4, 0.5) is 5.69 Å². The fourth-order valence-electron chi connectivity index (χ4n) is 5.86. The van der Waals surface area contributed by atoms with Crippen molar-refractivity contribution in [1.82, 2.24) is 0 Å². The van der Waals surface area contributed by atoms with Crippen molar-refractivity contribution >= 4 is 22.2 Å². The molecular formula is C28H43CrN2OSi2. The van der Waals surface area contributed by atoms with Crippen molar-refractivity contribution in [2.75, 3.05) is 13.2 Å². The smallest absolute Gasteiger partial charge is 0.688 e. The molecule has 185 valence electrons. The summed E-state index contributed by atoms with van der Waals surface area (Å²) in [6, 6.07) is 21.3. The zero-order chi connectivity index (χ0) is 23.9. The molecule has 3 unspecified atom stereocenters. The molecule has 0 amide bonds. The van der Waals surface area contributed by atoms with Crippen LogP contribution in [0.1, 0.15) is 38.7 Å². The molecule has 2 aliphatic rings. The van der Waals surface area contributed by atoms with E-state index in [1.165, 1.54) is 24.8 Å². The van der Waals surface area contributed by atoms with Crippen molar-refractivity contribution in [3.05, 3.63) is 82.1 Å². The molecule has 3 atom stereocenters. The Kier molecular flexibility index (Phi) is 11.6. The van der Waals surface area contributed by atoms with Crippen LogP contribution in [0.25, 0.3) is 9.96 Å². The third kappa shape index (κ3) is 8.08. The van der Waals surface area contributed by atoms with E-state index in [4.69, 9.17) is 14.7 Å². The first-order valence-electron chi connectivity index (χ1n) is 12.6. The molecule has 1 radical (unpaired) electrons. The fraction of sp³-hybridized carbons (Fsp3) is 0.536. The van der Waals surface area contributed by atoms with Gasteiger partial charge in [0.15, 0.2) is 0 Å². The van der Waals surface area contributed by atoms with Crippen LogP contribution in [0.5, 0.6) is 0 Å². The van der Waals surface area contributed by atoms with Crippen LogP contribution in [0.15, 0.2) is 60.7 Å². The van der Waals surface area contributed by atoms with Crippen LogP contribution in [0.2, 0.25) is 37.3 Å². The van der Waals surface area contributed by atoms with Crippen LogP contribution in [0, 0.1) is 11.8 Å². The third-order valence-electron chi connectivity index (χ3n) is 7.34. The third-order valence-corrected chi connectivity index (χ3v) is 14.1. The Morgan fingerprint density at radius 2 is 1.44 bits per heavy atom. The van der Waals surface area contributed by atoms with Gasteiger partial charge >= 0.3 is 17.4 Å². The van der Waals surface area contributed by atoms with Gasteiger partial charge in [0.25, 0.3) is 0 Å². The number of benzene rings is 2. The van der Waals surface area contributed by atoms with Crippen molar-refractivity contribution < 1.29 is 22.1 Å². The summed E-state index contributed by atoms with van der Waals surface area (Å²) in [6.45, 7) is 17.5. The summed E-state index contributed by atoms with van der Waals surface area (Å²) in [6.07, 6.45) is 3.84. The second kappa shape index (κ2) is 13.4. The number of hydrogen-bond donors (Lipinski definition) is 0. The molecule has 1 saturated heterocycles. The summed E-state index contributed by atoms with van der Waals surface area (Å²) in [5.74, 6) is 2.40. The maximum absolute atomic E-state index is 5.31. The van der Waals surface area contributed by atoms with Crippen LogP contribution in [0.3, 0.4) is 0 Å². The first kappa shape index (κ1) is 29.4. The normalized spacial score (nSPS) is 23.1. The number of nitrogens with zero attached hydrogens (tertiary/aromatic N) is 2. The van der Waals surface area contributed by atoms with Crippen LogP contribution in [-0.4, -0.2) is 29.7 Å². The predicted molar refractivity (Wildman–Crippen MR) is 148 cm³/mol. The molecule has 1 saturated carbocycles. The maximum Gasteiger partial charge on any atom is 3.00 e. The number of rotatable bonds is 7. The van der Waals surface area contributed by atoms with E-state index >= 15 is 0 Å². The Hall–Kier alpha value is -0.874. The summed E-state index contributed by atoms with van der Waals surface area (Å²) in [4.78, 5) is 10.6. The van der Waals surface area contributed by atoms with E-state index in [0.717, 1.165) is 25.4 Å². The van der Waals surface area contributed by atoms with Gasteiger partial charge in [-0.05, 0) is 12.8 Å². The molecule has 6 heteroatoms. The molecule has 3 nitrogen and oxygen atoms in total.